The first-order valence-corrected chi connectivity index (χ1v) is 15.9. The van der Waals surface area contributed by atoms with Gasteiger partial charge in [-0.05, 0) is 99.5 Å². The number of para-hydroxylation sites is 1. The molecule has 2 aliphatic rings. The molecular weight excluding hydrogens is 558 g/mol. The van der Waals surface area contributed by atoms with Crippen molar-refractivity contribution < 1.29 is 4.42 Å². The Labute approximate surface area is 267 Å². The minimum Gasteiger partial charge on any atom is -0.456 e. The van der Waals surface area contributed by atoms with Gasteiger partial charge in [0.25, 0.3) is 0 Å². The van der Waals surface area contributed by atoms with Gasteiger partial charge in [0.2, 0.25) is 0 Å². The van der Waals surface area contributed by atoms with Gasteiger partial charge in [0.15, 0.2) is 0 Å². The van der Waals surface area contributed by atoms with Crippen molar-refractivity contribution >= 4 is 39.0 Å². The molecule has 1 aliphatic carbocycles. The molecule has 0 spiro atoms. The van der Waals surface area contributed by atoms with E-state index in [1.807, 2.05) is 6.07 Å². The molecule has 216 valence electrons. The molecule has 0 fully saturated rings. The Hall–Kier alpha value is -5.86. The number of anilines is 3. The predicted molar refractivity (Wildman–Crippen MR) is 190 cm³/mol. The lowest BCUT2D eigenvalue weighted by atomic mass is 9.70. The van der Waals surface area contributed by atoms with Gasteiger partial charge >= 0.3 is 0 Å². The zero-order valence-electron chi connectivity index (χ0n) is 25.4. The molecule has 0 bridgehead atoms. The van der Waals surface area contributed by atoms with Crippen LogP contribution in [0.15, 0.2) is 162 Å². The van der Waals surface area contributed by atoms with E-state index in [9.17, 15) is 0 Å². The van der Waals surface area contributed by atoms with Gasteiger partial charge in [-0.25, -0.2) is 0 Å². The maximum absolute atomic E-state index is 6.41. The molecule has 0 amide bonds. The summed E-state index contributed by atoms with van der Waals surface area (Å²) in [5, 5.41) is 2.33. The first kappa shape index (κ1) is 25.5. The molecule has 10 rings (SSSR count). The summed E-state index contributed by atoms with van der Waals surface area (Å²) in [6, 6.07) is 57.3. The fourth-order valence-electron chi connectivity index (χ4n) is 8.11. The van der Waals surface area contributed by atoms with Crippen LogP contribution in [0.5, 0.6) is 0 Å². The first-order valence-electron chi connectivity index (χ1n) is 15.9. The molecule has 0 saturated heterocycles. The summed E-state index contributed by atoms with van der Waals surface area (Å²) in [6.07, 6.45) is 0. The van der Waals surface area contributed by atoms with E-state index in [-0.39, 0.29) is 5.41 Å². The van der Waals surface area contributed by atoms with Crippen LogP contribution in [0, 0.1) is 0 Å². The third-order valence-corrected chi connectivity index (χ3v) is 10.2. The molecule has 1 aromatic heterocycles. The fourth-order valence-corrected chi connectivity index (χ4v) is 8.11. The molecule has 0 saturated carbocycles. The summed E-state index contributed by atoms with van der Waals surface area (Å²) >= 11 is 0. The lowest BCUT2D eigenvalue weighted by molar-refractivity contribution is 0.668. The highest BCUT2D eigenvalue weighted by Gasteiger charge is 2.48. The highest BCUT2D eigenvalue weighted by molar-refractivity contribution is 6.09. The van der Waals surface area contributed by atoms with E-state index in [0.717, 1.165) is 22.2 Å². The van der Waals surface area contributed by atoms with Crippen molar-refractivity contribution in [1.82, 2.24) is 0 Å². The molecule has 1 atom stereocenters. The maximum atomic E-state index is 6.41. The zero-order chi connectivity index (χ0) is 30.4. The molecule has 2 nitrogen and oxygen atoms in total. The third-order valence-electron chi connectivity index (χ3n) is 10.2. The molecule has 2 heteroatoms. The Kier molecular flexibility index (Phi) is 5.16. The first-order chi connectivity index (χ1) is 22.7. The summed E-state index contributed by atoms with van der Waals surface area (Å²) in [5.41, 5.74) is 16.5. The average Bonchev–Trinajstić information content (AvgIpc) is 3.61. The van der Waals surface area contributed by atoms with Gasteiger partial charge in [-0.3, -0.25) is 0 Å². The molecule has 1 aliphatic heterocycles. The van der Waals surface area contributed by atoms with E-state index in [2.05, 4.69) is 163 Å². The molecule has 0 radical (unpaired) electrons. The number of benzene rings is 7. The lowest BCUT2D eigenvalue weighted by Gasteiger charge is -2.42. The monoisotopic (exact) mass is 587 g/mol. The Morgan fingerprint density at radius 1 is 0.457 bits per heavy atom. The molecule has 7 aromatic carbocycles. The van der Waals surface area contributed by atoms with Gasteiger partial charge in [0.1, 0.15) is 11.2 Å². The Bertz CT molecular complexity index is 2490. The molecule has 1 unspecified atom stereocenters. The molecule has 46 heavy (non-hydrogen) atoms. The number of nitrogens with zero attached hydrogens (tertiary/aromatic N) is 1. The molecule has 0 N–H and O–H groups in total. The van der Waals surface area contributed by atoms with Crippen LogP contribution in [0.25, 0.3) is 55.3 Å². The van der Waals surface area contributed by atoms with Crippen LogP contribution in [0.2, 0.25) is 0 Å². The summed E-state index contributed by atoms with van der Waals surface area (Å²) in [7, 11) is 0. The quantitative estimate of drug-likeness (QED) is 0.204. The maximum Gasteiger partial charge on any atom is 0.136 e. The molecule has 8 aromatic rings. The second-order valence-corrected chi connectivity index (χ2v) is 12.7. The van der Waals surface area contributed by atoms with Crippen molar-refractivity contribution in [3.63, 3.8) is 0 Å². The van der Waals surface area contributed by atoms with Gasteiger partial charge in [0, 0.05) is 21.9 Å². The van der Waals surface area contributed by atoms with E-state index in [0.29, 0.717) is 0 Å². The topological polar surface area (TPSA) is 16.4 Å². The number of furan rings is 1. The molecule has 2 heterocycles. The van der Waals surface area contributed by atoms with E-state index in [1.165, 1.54) is 66.8 Å². The summed E-state index contributed by atoms with van der Waals surface area (Å²) < 4.78 is 6.41. The van der Waals surface area contributed by atoms with Crippen LogP contribution in [-0.2, 0) is 5.41 Å². The standard InChI is InChI=1S/C44H29NO/c1-44-37-23-22-31(29-14-6-3-7-15-29)25-40(37)45(32-17-10-16-30(24-32)28-12-4-2-5-13-28)39-20-11-19-34(43(39)44)35-27-42-36(26-38(35)44)33-18-8-9-21-41(33)46-42/h2-27H,1H3. The van der Waals surface area contributed by atoms with Crippen LogP contribution >= 0.6 is 0 Å². The Morgan fingerprint density at radius 3 is 1.96 bits per heavy atom. The van der Waals surface area contributed by atoms with Gasteiger partial charge in [-0.15, -0.1) is 0 Å². The van der Waals surface area contributed by atoms with Crippen LogP contribution in [0.3, 0.4) is 0 Å². The summed E-state index contributed by atoms with van der Waals surface area (Å²) in [4.78, 5) is 2.49. The Balaban J connectivity index is 1.28. The van der Waals surface area contributed by atoms with Crippen molar-refractivity contribution in [3.8, 4) is 33.4 Å². The van der Waals surface area contributed by atoms with Crippen LogP contribution < -0.4 is 4.90 Å². The second kappa shape index (κ2) is 9.32. The van der Waals surface area contributed by atoms with Crippen molar-refractivity contribution in [3.05, 3.63) is 174 Å². The van der Waals surface area contributed by atoms with Crippen molar-refractivity contribution in [1.29, 1.82) is 0 Å². The SMILES string of the molecule is CC12c3cc4c(cc3-c3cccc(c31)N(c1cccc(-c3ccccc3)c1)c1cc(-c3ccccc3)ccc12)oc1ccccc14. The second-order valence-electron chi connectivity index (χ2n) is 12.7. The largest absolute Gasteiger partial charge is 0.456 e. The number of rotatable bonds is 3. The van der Waals surface area contributed by atoms with E-state index >= 15 is 0 Å². The van der Waals surface area contributed by atoms with Crippen molar-refractivity contribution in [2.45, 2.75) is 12.3 Å². The smallest absolute Gasteiger partial charge is 0.136 e. The Morgan fingerprint density at radius 2 is 1.15 bits per heavy atom. The van der Waals surface area contributed by atoms with Gasteiger partial charge in [0.05, 0.1) is 11.4 Å². The van der Waals surface area contributed by atoms with Crippen LogP contribution in [0.4, 0.5) is 17.1 Å². The highest BCUT2D eigenvalue weighted by Crippen LogP contribution is 2.63. The van der Waals surface area contributed by atoms with Crippen molar-refractivity contribution in [2.24, 2.45) is 0 Å². The summed E-state index contributed by atoms with van der Waals surface area (Å²) in [5.74, 6) is 0. The van der Waals surface area contributed by atoms with E-state index < -0.39 is 0 Å². The van der Waals surface area contributed by atoms with Crippen LogP contribution in [-0.4, -0.2) is 0 Å². The minimum atomic E-state index is -0.341. The van der Waals surface area contributed by atoms with Gasteiger partial charge in [-0.1, -0.05) is 115 Å². The third kappa shape index (κ3) is 3.41. The fraction of sp³-hybridized carbons (Fsp3) is 0.0455. The van der Waals surface area contributed by atoms with Crippen LogP contribution in [0.1, 0.15) is 23.6 Å². The summed E-state index contributed by atoms with van der Waals surface area (Å²) in [6.45, 7) is 2.42. The average molecular weight is 588 g/mol. The van der Waals surface area contributed by atoms with E-state index in [1.54, 1.807) is 0 Å². The number of hydrogen-bond acceptors (Lipinski definition) is 2. The normalized spacial score (nSPS) is 16.0. The van der Waals surface area contributed by atoms with Gasteiger partial charge < -0.3 is 9.32 Å². The lowest BCUT2D eigenvalue weighted by Crippen LogP contribution is -2.32. The number of fused-ring (bicyclic) bond motifs is 8. The van der Waals surface area contributed by atoms with Gasteiger partial charge in [-0.2, -0.15) is 0 Å². The zero-order valence-corrected chi connectivity index (χ0v) is 25.4. The number of hydrogen-bond donors (Lipinski definition) is 0. The molecular formula is C44H29NO. The highest BCUT2D eigenvalue weighted by atomic mass is 16.3. The van der Waals surface area contributed by atoms with E-state index in [4.69, 9.17) is 4.42 Å². The minimum absolute atomic E-state index is 0.341. The van der Waals surface area contributed by atoms with Crippen molar-refractivity contribution in [2.75, 3.05) is 4.90 Å². The predicted octanol–water partition coefficient (Wildman–Crippen LogP) is 12.0.